The van der Waals surface area contributed by atoms with Gasteiger partial charge >= 0.3 is 0 Å². The number of fused-ring (bicyclic) bond motifs is 1. The molecule has 0 radical (unpaired) electrons. The van der Waals surface area contributed by atoms with Crippen LogP contribution in [0.2, 0.25) is 0 Å². The second-order valence-electron chi connectivity index (χ2n) is 3.87. The lowest BCUT2D eigenvalue weighted by molar-refractivity contribution is 0.414. The van der Waals surface area contributed by atoms with Crippen molar-refractivity contribution in [1.29, 1.82) is 0 Å². The van der Waals surface area contributed by atoms with E-state index in [9.17, 15) is 0 Å². The Morgan fingerprint density at radius 1 is 1.28 bits per heavy atom. The van der Waals surface area contributed by atoms with Crippen LogP contribution in [-0.4, -0.2) is 21.6 Å². The molecule has 0 amide bonds. The van der Waals surface area contributed by atoms with Crippen LogP contribution in [-0.2, 0) is 0 Å². The molecule has 0 spiro atoms. The Morgan fingerprint density at radius 3 is 3.00 bits per heavy atom. The van der Waals surface area contributed by atoms with Gasteiger partial charge in [-0.2, -0.15) is 0 Å². The van der Waals surface area contributed by atoms with E-state index in [1.807, 2.05) is 34.9 Å². The number of aromatic nitrogens is 3. The molecule has 0 bridgehead atoms. The number of pyridine rings is 1. The number of hydrogen-bond acceptors (Lipinski definition) is 4. The zero-order chi connectivity index (χ0) is 12.5. The van der Waals surface area contributed by atoms with Gasteiger partial charge in [0, 0.05) is 12.3 Å². The molecule has 0 atom stereocenters. The number of ether oxygens (including phenoxy) is 1. The largest absolute Gasteiger partial charge is 0.497 e. The molecular weight excluding hydrogens is 228 g/mol. The summed E-state index contributed by atoms with van der Waals surface area (Å²) in [5.41, 5.74) is 8.58. The quantitative estimate of drug-likeness (QED) is 0.744. The third-order valence-corrected chi connectivity index (χ3v) is 2.79. The summed E-state index contributed by atoms with van der Waals surface area (Å²) < 4.78 is 7.09. The lowest BCUT2D eigenvalue weighted by Gasteiger charge is -2.08. The average molecular weight is 240 g/mol. The number of hydrogen-bond donors (Lipinski definition) is 1. The highest BCUT2D eigenvalue weighted by atomic mass is 16.5. The van der Waals surface area contributed by atoms with E-state index in [4.69, 9.17) is 10.5 Å². The Morgan fingerprint density at radius 2 is 2.17 bits per heavy atom. The Balaban J connectivity index is 2.27. The summed E-state index contributed by atoms with van der Waals surface area (Å²) in [4.78, 5) is 8.32. The van der Waals surface area contributed by atoms with Gasteiger partial charge in [0.05, 0.1) is 24.5 Å². The highest BCUT2D eigenvalue weighted by Gasteiger charge is 2.09. The van der Waals surface area contributed by atoms with E-state index in [-0.39, 0.29) is 0 Å². The first-order valence-corrected chi connectivity index (χ1v) is 5.52. The molecule has 3 rings (SSSR count). The van der Waals surface area contributed by atoms with Gasteiger partial charge in [-0.3, -0.25) is 9.55 Å². The summed E-state index contributed by atoms with van der Waals surface area (Å²) in [6.07, 6.45) is 3.42. The third kappa shape index (κ3) is 1.57. The van der Waals surface area contributed by atoms with Gasteiger partial charge in [-0.15, -0.1) is 0 Å². The molecule has 90 valence electrons. The monoisotopic (exact) mass is 240 g/mol. The topological polar surface area (TPSA) is 66.0 Å². The molecule has 0 saturated heterocycles. The molecule has 0 aliphatic heterocycles. The van der Waals surface area contributed by atoms with Crippen molar-refractivity contribution in [1.82, 2.24) is 14.5 Å². The first-order valence-electron chi connectivity index (χ1n) is 5.52. The maximum Gasteiger partial charge on any atom is 0.205 e. The van der Waals surface area contributed by atoms with Crippen molar-refractivity contribution in [3.8, 4) is 11.4 Å². The lowest BCUT2D eigenvalue weighted by Crippen LogP contribution is -2.00. The number of rotatable bonds is 2. The van der Waals surface area contributed by atoms with E-state index >= 15 is 0 Å². The highest BCUT2D eigenvalue weighted by Crippen LogP contribution is 2.24. The first-order chi connectivity index (χ1) is 8.79. The van der Waals surface area contributed by atoms with Crippen LogP contribution in [0, 0.1) is 0 Å². The molecule has 0 saturated carbocycles. The van der Waals surface area contributed by atoms with Crippen molar-refractivity contribution in [3.05, 3.63) is 42.7 Å². The molecule has 18 heavy (non-hydrogen) atoms. The minimum Gasteiger partial charge on any atom is -0.497 e. The summed E-state index contributed by atoms with van der Waals surface area (Å²) in [5, 5.41) is 0. The second-order valence-corrected chi connectivity index (χ2v) is 3.87. The molecule has 5 heteroatoms. The van der Waals surface area contributed by atoms with E-state index < -0.39 is 0 Å². The molecule has 0 aliphatic carbocycles. The molecule has 5 nitrogen and oxygen atoms in total. The van der Waals surface area contributed by atoms with E-state index in [1.165, 1.54) is 0 Å². The van der Waals surface area contributed by atoms with Crippen LogP contribution in [0.5, 0.6) is 5.75 Å². The van der Waals surface area contributed by atoms with Crippen LogP contribution < -0.4 is 10.5 Å². The molecule has 0 fully saturated rings. The lowest BCUT2D eigenvalue weighted by atomic mass is 10.3. The summed E-state index contributed by atoms with van der Waals surface area (Å²) in [5.74, 6) is 1.22. The Bertz CT molecular complexity index is 705. The fourth-order valence-corrected chi connectivity index (χ4v) is 1.97. The number of benzene rings is 1. The third-order valence-electron chi connectivity index (χ3n) is 2.79. The summed E-state index contributed by atoms with van der Waals surface area (Å²) in [6.45, 7) is 0. The molecule has 2 heterocycles. The van der Waals surface area contributed by atoms with Gasteiger partial charge in [-0.25, -0.2) is 4.98 Å². The highest BCUT2D eigenvalue weighted by molar-refractivity contribution is 5.79. The van der Waals surface area contributed by atoms with Gasteiger partial charge < -0.3 is 10.5 Å². The van der Waals surface area contributed by atoms with E-state index in [2.05, 4.69) is 9.97 Å². The second kappa shape index (κ2) is 4.03. The first kappa shape index (κ1) is 10.6. The van der Waals surface area contributed by atoms with Crippen molar-refractivity contribution >= 4 is 17.0 Å². The van der Waals surface area contributed by atoms with Crippen LogP contribution in [0.1, 0.15) is 0 Å². The van der Waals surface area contributed by atoms with Gasteiger partial charge in [0.1, 0.15) is 11.3 Å². The minimum absolute atomic E-state index is 0.436. The zero-order valence-corrected chi connectivity index (χ0v) is 9.87. The minimum atomic E-state index is 0.436. The molecule has 2 aromatic heterocycles. The SMILES string of the molecule is COc1cccc(-n2c(N)nc3cnccc32)c1. The van der Waals surface area contributed by atoms with E-state index in [0.717, 1.165) is 22.5 Å². The van der Waals surface area contributed by atoms with Crippen molar-refractivity contribution in [2.24, 2.45) is 0 Å². The number of methoxy groups -OCH3 is 1. The summed E-state index contributed by atoms with van der Waals surface area (Å²) in [7, 11) is 1.64. The van der Waals surface area contributed by atoms with Crippen LogP contribution in [0.15, 0.2) is 42.7 Å². The summed E-state index contributed by atoms with van der Waals surface area (Å²) >= 11 is 0. The Labute approximate surface area is 104 Å². The molecular formula is C13H12N4O. The predicted octanol–water partition coefficient (Wildman–Crippen LogP) is 2.01. The van der Waals surface area contributed by atoms with Crippen molar-refractivity contribution in [2.75, 3.05) is 12.8 Å². The molecule has 0 aliphatic rings. The number of nitrogens with two attached hydrogens (primary N) is 1. The van der Waals surface area contributed by atoms with Gasteiger partial charge in [-0.05, 0) is 18.2 Å². The Hall–Kier alpha value is -2.56. The average Bonchev–Trinajstić information content (AvgIpc) is 2.74. The van der Waals surface area contributed by atoms with Crippen LogP contribution in [0.4, 0.5) is 5.95 Å². The fourth-order valence-electron chi connectivity index (χ4n) is 1.97. The van der Waals surface area contributed by atoms with Crippen molar-refractivity contribution in [3.63, 3.8) is 0 Å². The standard InChI is InChI=1S/C13H12N4O/c1-18-10-4-2-3-9(7-10)17-12-5-6-15-8-11(12)16-13(17)14/h2-8H,1H3,(H2,14,16). The number of imidazole rings is 1. The van der Waals surface area contributed by atoms with Gasteiger partial charge in [0.25, 0.3) is 0 Å². The van der Waals surface area contributed by atoms with Crippen molar-refractivity contribution in [2.45, 2.75) is 0 Å². The van der Waals surface area contributed by atoms with Gasteiger partial charge in [0.15, 0.2) is 0 Å². The number of nitrogens with zero attached hydrogens (tertiary/aromatic N) is 3. The Kier molecular flexibility index (Phi) is 2.37. The molecule has 2 N–H and O–H groups in total. The van der Waals surface area contributed by atoms with Crippen LogP contribution in [0.3, 0.4) is 0 Å². The van der Waals surface area contributed by atoms with E-state index in [1.54, 1.807) is 19.5 Å². The van der Waals surface area contributed by atoms with E-state index in [0.29, 0.717) is 5.95 Å². The van der Waals surface area contributed by atoms with Gasteiger partial charge in [-0.1, -0.05) is 6.07 Å². The molecule has 3 aromatic rings. The molecule has 1 aromatic carbocycles. The van der Waals surface area contributed by atoms with Crippen LogP contribution in [0.25, 0.3) is 16.7 Å². The number of nitrogen functional groups attached to an aromatic ring is 1. The summed E-state index contributed by atoms with van der Waals surface area (Å²) in [6, 6.07) is 9.57. The van der Waals surface area contributed by atoms with Crippen molar-refractivity contribution < 1.29 is 4.74 Å². The zero-order valence-electron chi connectivity index (χ0n) is 9.87. The maximum absolute atomic E-state index is 5.96. The van der Waals surface area contributed by atoms with Crippen LogP contribution >= 0.6 is 0 Å². The maximum atomic E-state index is 5.96. The smallest absolute Gasteiger partial charge is 0.205 e. The normalized spacial score (nSPS) is 10.7. The number of anilines is 1. The molecule has 0 unspecified atom stereocenters. The van der Waals surface area contributed by atoms with Gasteiger partial charge in [0.2, 0.25) is 5.95 Å². The predicted molar refractivity (Wildman–Crippen MR) is 69.8 cm³/mol. The fraction of sp³-hybridized carbons (Fsp3) is 0.0769.